The number of esters is 1. The summed E-state index contributed by atoms with van der Waals surface area (Å²) in [5.74, 6) is -0.671. The van der Waals surface area contributed by atoms with E-state index in [9.17, 15) is 14.4 Å². The van der Waals surface area contributed by atoms with Crippen molar-refractivity contribution < 1.29 is 23.9 Å². The molecule has 26 heavy (non-hydrogen) atoms. The summed E-state index contributed by atoms with van der Waals surface area (Å²) in [5.41, 5.74) is 0.413. The molecule has 0 atom stereocenters. The first-order valence-corrected chi connectivity index (χ1v) is 9.04. The topological polar surface area (TPSA) is 93.7 Å². The van der Waals surface area contributed by atoms with Gasteiger partial charge in [0, 0.05) is 11.6 Å². The van der Waals surface area contributed by atoms with Gasteiger partial charge in [-0.25, -0.2) is 0 Å². The smallest absolute Gasteiger partial charge is 0.325 e. The Labute approximate surface area is 153 Å². The first-order valence-electron chi connectivity index (χ1n) is 9.04. The Bertz CT molecular complexity index is 609. The molecule has 1 aliphatic rings. The van der Waals surface area contributed by atoms with E-state index in [2.05, 4.69) is 10.6 Å². The van der Waals surface area contributed by atoms with Gasteiger partial charge < -0.3 is 20.1 Å². The third-order valence-corrected chi connectivity index (χ3v) is 4.16. The summed E-state index contributed by atoms with van der Waals surface area (Å²) in [6.45, 7) is 1.81. The summed E-state index contributed by atoms with van der Waals surface area (Å²) in [7, 11) is 0. The molecule has 0 spiro atoms. The fraction of sp³-hybridized carbons (Fsp3) is 0.526. The van der Waals surface area contributed by atoms with Crippen molar-refractivity contribution in [1.82, 2.24) is 10.6 Å². The number of ether oxygens (including phenoxy) is 2. The van der Waals surface area contributed by atoms with E-state index in [1.165, 1.54) is 6.42 Å². The number of amides is 2. The lowest BCUT2D eigenvalue weighted by Gasteiger charge is -2.22. The summed E-state index contributed by atoms with van der Waals surface area (Å²) >= 11 is 0. The van der Waals surface area contributed by atoms with E-state index < -0.39 is 11.9 Å². The maximum absolute atomic E-state index is 12.0. The summed E-state index contributed by atoms with van der Waals surface area (Å²) in [6.07, 6.45) is 5.37. The molecule has 2 rings (SSSR count). The van der Waals surface area contributed by atoms with Crippen LogP contribution in [0.1, 0.15) is 49.4 Å². The fourth-order valence-corrected chi connectivity index (χ4v) is 2.84. The Hall–Kier alpha value is -2.57. The summed E-state index contributed by atoms with van der Waals surface area (Å²) < 4.78 is 10.2. The lowest BCUT2D eigenvalue weighted by atomic mass is 9.95. The minimum absolute atomic E-state index is 0.175. The maximum Gasteiger partial charge on any atom is 0.325 e. The van der Waals surface area contributed by atoms with Gasteiger partial charge in [-0.05, 0) is 44.0 Å². The molecule has 7 heteroatoms. The Morgan fingerprint density at radius 2 is 1.77 bits per heavy atom. The van der Waals surface area contributed by atoms with E-state index >= 15 is 0 Å². The van der Waals surface area contributed by atoms with E-state index in [4.69, 9.17) is 9.47 Å². The molecular formula is C19H26N2O5. The monoisotopic (exact) mass is 362 g/mol. The average molecular weight is 362 g/mol. The highest BCUT2D eigenvalue weighted by atomic mass is 16.5. The van der Waals surface area contributed by atoms with Crippen molar-refractivity contribution in [3.05, 3.63) is 29.8 Å². The van der Waals surface area contributed by atoms with E-state index in [0.29, 0.717) is 17.9 Å². The van der Waals surface area contributed by atoms with Crippen LogP contribution in [0.5, 0.6) is 5.75 Å². The SMILES string of the molecule is CCOc1ccc(C(=O)NCC(=O)OCC(=O)NC2CCCCC2)cc1. The van der Waals surface area contributed by atoms with Gasteiger partial charge in [0.15, 0.2) is 6.61 Å². The molecule has 0 aliphatic heterocycles. The van der Waals surface area contributed by atoms with Gasteiger partial charge in [-0.2, -0.15) is 0 Å². The predicted molar refractivity (Wildman–Crippen MR) is 95.9 cm³/mol. The van der Waals surface area contributed by atoms with Crippen LogP contribution in [0.25, 0.3) is 0 Å². The molecule has 1 fully saturated rings. The van der Waals surface area contributed by atoms with Crippen molar-refractivity contribution in [2.24, 2.45) is 0 Å². The minimum Gasteiger partial charge on any atom is -0.494 e. The van der Waals surface area contributed by atoms with Gasteiger partial charge in [-0.1, -0.05) is 19.3 Å². The molecule has 1 aromatic carbocycles. The number of hydrogen-bond acceptors (Lipinski definition) is 5. The molecule has 0 bridgehead atoms. The third kappa shape index (κ3) is 6.74. The second kappa shape index (κ2) is 10.4. The second-order valence-corrected chi connectivity index (χ2v) is 6.20. The molecule has 1 aromatic rings. The Balaban J connectivity index is 1.65. The largest absolute Gasteiger partial charge is 0.494 e. The number of carbonyl (C=O) groups is 3. The molecule has 142 valence electrons. The van der Waals surface area contributed by atoms with E-state index in [1.807, 2.05) is 6.92 Å². The Morgan fingerprint density at radius 1 is 1.08 bits per heavy atom. The highest BCUT2D eigenvalue weighted by molar-refractivity contribution is 5.96. The van der Waals surface area contributed by atoms with Crippen molar-refractivity contribution in [2.45, 2.75) is 45.1 Å². The second-order valence-electron chi connectivity index (χ2n) is 6.20. The van der Waals surface area contributed by atoms with Crippen LogP contribution in [0, 0.1) is 0 Å². The van der Waals surface area contributed by atoms with Gasteiger partial charge in [-0.15, -0.1) is 0 Å². The number of rotatable bonds is 8. The van der Waals surface area contributed by atoms with Crippen LogP contribution < -0.4 is 15.4 Å². The van der Waals surface area contributed by atoms with Crippen molar-refractivity contribution in [2.75, 3.05) is 19.8 Å². The molecule has 2 N–H and O–H groups in total. The van der Waals surface area contributed by atoms with Gasteiger partial charge in [0.25, 0.3) is 11.8 Å². The van der Waals surface area contributed by atoms with Gasteiger partial charge in [0.2, 0.25) is 0 Å². The molecule has 0 unspecified atom stereocenters. The van der Waals surface area contributed by atoms with Gasteiger partial charge in [0.1, 0.15) is 12.3 Å². The number of nitrogens with one attached hydrogen (secondary N) is 2. The molecule has 1 saturated carbocycles. The molecule has 0 radical (unpaired) electrons. The zero-order chi connectivity index (χ0) is 18.8. The van der Waals surface area contributed by atoms with Crippen molar-refractivity contribution in [3.63, 3.8) is 0 Å². The molecule has 0 heterocycles. The van der Waals surface area contributed by atoms with Crippen molar-refractivity contribution in [3.8, 4) is 5.75 Å². The number of hydrogen-bond donors (Lipinski definition) is 2. The number of carbonyl (C=O) groups excluding carboxylic acids is 3. The van der Waals surface area contributed by atoms with Gasteiger partial charge >= 0.3 is 5.97 Å². The van der Waals surface area contributed by atoms with Crippen LogP contribution in [-0.4, -0.2) is 43.6 Å². The Kier molecular flexibility index (Phi) is 7.92. The highest BCUT2D eigenvalue weighted by Crippen LogP contribution is 2.17. The third-order valence-electron chi connectivity index (χ3n) is 4.16. The van der Waals surface area contributed by atoms with Crippen LogP contribution >= 0.6 is 0 Å². The summed E-state index contributed by atoms with van der Waals surface area (Å²) in [5, 5.41) is 5.33. The van der Waals surface area contributed by atoms with Gasteiger partial charge in [0.05, 0.1) is 6.61 Å². The molecule has 1 aliphatic carbocycles. The lowest BCUT2D eigenvalue weighted by molar-refractivity contribution is -0.147. The lowest BCUT2D eigenvalue weighted by Crippen LogP contribution is -2.39. The quantitative estimate of drug-likeness (QED) is 0.688. The molecule has 0 saturated heterocycles. The first kappa shape index (κ1) is 19.8. The van der Waals surface area contributed by atoms with Crippen molar-refractivity contribution >= 4 is 17.8 Å². The fourth-order valence-electron chi connectivity index (χ4n) is 2.84. The summed E-state index contributed by atoms with van der Waals surface area (Å²) in [4.78, 5) is 35.4. The maximum atomic E-state index is 12.0. The number of benzene rings is 1. The molecular weight excluding hydrogens is 336 g/mol. The van der Waals surface area contributed by atoms with Crippen LogP contribution in [0.15, 0.2) is 24.3 Å². The molecule has 0 aromatic heterocycles. The van der Waals surface area contributed by atoms with Crippen LogP contribution in [0.2, 0.25) is 0 Å². The molecule has 2 amide bonds. The normalized spacial score (nSPS) is 14.3. The summed E-state index contributed by atoms with van der Waals surface area (Å²) in [6, 6.07) is 6.78. The predicted octanol–water partition coefficient (Wildman–Crippen LogP) is 1.81. The first-order chi connectivity index (χ1) is 12.6. The van der Waals surface area contributed by atoms with Crippen LogP contribution in [-0.2, 0) is 14.3 Å². The highest BCUT2D eigenvalue weighted by Gasteiger charge is 2.17. The Morgan fingerprint density at radius 3 is 2.42 bits per heavy atom. The van der Waals surface area contributed by atoms with Gasteiger partial charge in [-0.3, -0.25) is 14.4 Å². The van der Waals surface area contributed by atoms with Crippen molar-refractivity contribution in [1.29, 1.82) is 0 Å². The minimum atomic E-state index is -0.650. The molecule has 7 nitrogen and oxygen atoms in total. The zero-order valence-corrected chi connectivity index (χ0v) is 15.1. The van der Waals surface area contributed by atoms with E-state index in [-0.39, 0.29) is 25.1 Å². The average Bonchev–Trinajstić information content (AvgIpc) is 2.66. The zero-order valence-electron chi connectivity index (χ0n) is 15.1. The van der Waals surface area contributed by atoms with Crippen LogP contribution in [0.4, 0.5) is 0 Å². The standard InChI is InChI=1S/C19H26N2O5/c1-2-25-16-10-8-14(9-11-16)19(24)20-12-18(23)26-13-17(22)21-15-6-4-3-5-7-15/h8-11,15H,2-7,12-13H2,1H3,(H,20,24)(H,21,22). The van der Waals surface area contributed by atoms with E-state index in [1.54, 1.807) is 24.3 Å². The van der Waals surface area contributed by atoms with Crippen LogP contribution in [0.3, 0.4) is 0 Å². The van der Waals surface area contributed by atoms with E-state index in [0.717, 1.165) is 25.7 Å².